The summed E-state index contributed by atoms with van der Waals surface area (Å²) in [5, 5.41) is 0. The average Bonchev–Trinajstić information content (AvgIpc) is 3.49. The van der Waals surface area contributed by atoms with E-state index in [4.69, 9.17) is 9.72 Å². The highest BCUT2D eigenvalue weighted by atomic mass is 16.5. The summed E-state index contributed by atoms with van der Waals surface area (Å²) in [7, 11) is 0. The maximum atomic E-state index is 12.8. The Morgan fingerprint density at radius 2 is 1.78 bits per heavy atom. The van der Waals surface area contributed by atoms with Gasteiger partial charge in [-0.15, -0.1) is 0 Å². The van der Waals surface area contributed by atoms with Crippen molar-refractivity contribution in [2.45, 2.75) is 38.0 Å². The zero-order valence-corrected chi connectivity index (χ0v) is 18.1. The van der Waals surface area contributed by atoms with Crippen LogP contribution in [-0.4, -0.2) is 56.5 Å². The minimum atomic E-state index is 0.0631. The van der Waals surface area contributed by atoms with Crippen molar-refractivity contribution in [2.75, 3.05) is 26.3 Å². The van der Waals surface area contributed by atoms with Crippen LogP contribution in [0.2, 0.25) is 0 Å². The number of carbonyl (C=O) groups is 1. The van der Waals surface area contributed by atoms with Gasteiger partial charge in [-0.3, -0.25) is 9.20 Å². The first kappa shape index (κ1) is 19.5. The van der Waals surface area contributed by atoms with Gasteiger partial charge in [0.15, 0.2) is 5.65 Å². The van der Waals surface area contributed by atoms with E-state index in [0.717, 1.165) is 33.8 Å². The Bertz CT molecular complexity index is 1260. The number of morpholine rings is 1. The molecule has 0 bridgehead atoms. The molecule has 1 N–H and O–H groups in total. The van der Waals surface area contributed by atoms with Crippen LogP contribution < -0.4 is 0 Å². The lowest BCUT2D eigenvalue weighted by Gasteiger charge is -2.26. The van der Waals surface area contributed by atoms with Crippen molar-refractivity contribution in [1.82, 2.24) is 24.3 Å². The van der Waals surface area contributed by atoms with Crippen molar-refractivity contribution in [3.8, 4) is 11.3 Å². The molecule has 6 rings (SSSR count). The molecule has 2 fully saturated rings. The number of benzene rings is 1. The molecule has 3 aromatic heterocycles. The van der Waals surface area contributed by atoms with Crippen LogP contribution in [0.5, 0.6) is 0 Å². The molecule has 1 saturated carbocycles. The highest BCUT2D eigenvalue weighted by Crippen LogP contribution is 2.36. The number of aromatic nitrogens is 4. The van der Waals surface area contributed by atoms with Crippen LogP contribution in [0.15, 0.2) is 42.7 Å². The van der Waals surface area contributed by atoms with E-state index in [-0.39, 0.29) is 5.91 Å². The molecule has 32 heavy (non-hydrogen) atoms. The molecular weight excluding hydrogens is 402 g/mol. The van der Waals surface area contributed by atoms with Crippen molar-refractivity contribution in [3.63, 3.8) is 0 Å². The summed E-state index contributed by atoms with van der Waals surface area (Å²) in [5.74, 6) is 1.66. The summed E-state index contributed by atoms with van der Waals surface area (Å²) >= 11 is 0. The number of carbonyl (C=O) groups excluding carboxylic acids is 1. The van der Waals surface area contributed by atoms with E-state index < -0.39 is 0 Å². The van der Waals surface area contributed by atoms with Crippen LogP contribution in [0.4, 0.5) is 0 Å². The maximum Gasteiger partial charge on any atom is 0.254 e. The van der Waals surface area contributed by atoms with Gasteiger partial charge < -0.3 is 14.6 Å². The minimum Gasteiger partial charge on any atom is -0.378 e. The summed E-state index contributed by atoms with van der Waals surface area (Å²) < 4.78 is 7.66. The van der Waals surface area contributed by atoms with Gasteiger partial charge in [-0.1, -0.05) is 31.4 Å². The van der Waals surface area contributed by atoms with E-state index in [2.05, 4.69) is 20.4 Å². The van der Waals surface area contributed by atoms with Crippen molar-refractivity contribution >= 4 is 22.6 Å². The van der Waals surface area contributed by atoms with E-state index in [1.165, 1.54) is 32.1 Å². The SMILES string of the molecule is O=C(c1ccc(-c2nc(C3CCCCC3)n3c2cnc2[nH]ccc23)cc1)N1CCOCC1. The third kappa shape index (κ3) is 3.28. The molecule has 0 atom stereocenters. The van der Waals surface area contributed by atoms with Gasteiger partial charge in [0.25, 0.3) is 5.91 Å². The second-order valence-corrected chi connectivity index (χ2v) is 8.83. The van der Waals surface area contributed by atoms with E-state index in [1.807, 2.05) is 41.6 Å². The summed E-state index contributed by atoms with van der Waals surface area (Å²) in [4.78, 5) is 27.7. The number of nitrogens with zero attached hydrogens (tertiary/aromatic N) is 4. The third-order valence-electron chi connectivity index (χ3n) is 6.87. The van der Waals surface area contributed by atoms with Crippen molar-refractivity contribution in [3.05, 3.63) is 54.1 Å². The minimum absolute atomic E-state index is 0.0631. The molecule has 7 heteroatoms. The highest BCUT2D eigenvalue weighted by molar-refractivity contribution is 5.95. The topological polar surface area (TPSA) is 75.5 Å². The molecule has 2 aliphatic rings. The number of aromatic amines is 1. The summed E-state index contributed by atoms with van der Waals surface area (Å²) in [6.45, 7) is 2.51. The van der Waals surface area contributed by atoms with Crippen molar-refractivity contribution < 1.29 is 9.53 Å². The molecule has 1 saturated heterocycles. The van der Waals surface area contributed by atoms with E-state index in [9.17, 15) is 4.79 Å². The number of fused-ring (bicyclic) bond motifs is 3. The first-order chi connectivity index (χ1) is 15.8. The van der Waals surface area contributed by atoms with E-state index in [0.29, 0.717) is 37.8 Å². The Morgan fingerprint density at radius 3 is 2.56 bits per heavy atom. The zero-order valence-electron chi connectivity index (χ0n) is 18.1. The Morgan fingerprint density at radius 1 is 1.00 bits per heavy atom. The number of H-pyrrole nitrogens is 1. The van der Waals surface area contributed by atoms with Crippen LogP contribution >= 0.6 is 0 Å². The largest absolute Gasteiger partial charge is 0.378 e. The lowest BCUT2D eigenvalue weighted by molar-refractivity contribution is 0.0303. The number of ether oxygens (including phenoxy) is 1. The quantitative estimate of drug-likeness (QED) is 0.524. The van der Waals surface area contributed by atoms with Gasteiger partial charge in [0.05, 0.1) is 36.1 Å². The van der Waals surface area contributed by atoms with Crippen molar-refractivity contribution in [1.29, 1.82) is 0 Å². The van der Waals surface area contributed by atoms with Crippen LogP contribution in [0.1, 0.15) is 54.2 Å². The molecule has 1 aromatic carbocycles. The monoisotopic (exact) mass is 429 g/mol. The van der Waals surface area contributed by atoms with Crippen LogP contribution in [-0.2, 0) is 4.74 Å². The molecular formula is C25H27N5O2. The zero-order chi connectivity index (χ0) is 21.5. The first-order valence-corrected chi connectivity index (χ1v) is 11.6. The van der Waals surface area contributed by atoms with Gasteiger partial charge in [-0.05, 0) is 31.0 Å². The Labute approximate surface area is 186 Å². The van der Waals surface area contributed by atoms with Gasteiger partial charge in [0.1, 0.15) is 5.82 Å². The lowest BCUT2D eigenvalue weighted by atomic mass is 9.89. The summed E-state index contributed by atoms with van der Waals surface area (Å²) in [5.41, 5.74) is 5.62. The third-order valence-corrected chi connectivity index (χ3v) is 6.87. The van der Waals surface area contributed by atoms with Crippen LogP contribution in [0.3, 0.4) is 0 Å². The van der Waals surface area contributed by atoms with E-state index in [1.54, 1.807) is 0 Å². The fraction of sp³-hybridized carbons (Fsp3) is 0.400. The number of rotatable bonds is 3. The molecule has 7 nitrogen and oxygen atoms in total. The normalized spacial score (nSPS) is 17.9. The average molecular weight is 430 g/mol. The van der Waals surface area contributed by atoms with Crippen molar-refractivity contribution in [2.24, 2.45) is 0 Å². The standard InChI is InChI=1S/C25H27N5O2/c31-25(29-12-14-32-15-13-29)19-8-6-17(7-9-19)22-21-16-27-23-20(10-11-26-23)30(21)24(28-22)18-4-2-1-3-5-18/h6-11,16,18,26H,1-5,12-15H2. The molecule has 0 spiro atoms. The number of nitrogens with one attached hydrogen (secondary N) is 1. The van der Waals surface area contributed by atoms with Gasteiger partial charge >= 0.3 is 0 Å². The Balaban J connectivity index is 1.41. The van der Waals surface area contributed by atoms with E-state index >= 15 is 0 Å². The smallest absolute Gasteiger partial charge is 0.254 e. The van der Waals surface area contributed by atoms with Gasteiger partial charge in [0.2, 0.25) is 0 Å². The van der Waals surface area contributed by atoms with Gasteiger partial charge in [-0.25, -0.2) is 9.97 Å². The molecule has 0 unspecified atom stereocenters. The second-order valence-electron chi connectivity index (χ2n) is 8.83. The Kier molecular flexibility index (Phi) is 4.91. The lowest BCUT2D eigenvalue weighted by Crippen LogP contribution is -2.40. The number of amides is 1. The first-order valence-electron chi connectivity index (χ1n) is 11.6. The predicted molar refractivity (Wildman–Crippen MR) is 123 cm³/mol. The fourth-order valence-electron chi connectivity index (χ4n) is 5.15. The van der Waals surface area contributed by atoms with Gasteiger partial charge in [0, 0.05) is 36.3 Å². The maximum absolute atomic E-state index is 12.8. The molecule has 1 aliphatic heterocycles. The molecule has 1 aliphatic carbocycles. The number of hydrogen-bond acceptors (Lipinski definition) is 4. The van der Waals surface area contributed by atoms with Crippen LogP contribution in [0.25, 0.3) is 27.9 Å². The fourth-order valence-corrected chi connectivity index (χ4v) is 5.15. The van der Waals surface area contributed by atoms with Gasteiger partial charge in [-0.2, -0.15) is 0 Å². The number of hydrogen-bond donors (Lipinski definition) is 1. The molecule has 1 amide bonds. The highest BCUT2D eigenvalue weighted by Gasteiger charge is 2.25. The summed E-state index contributed by atoms with van der Waals surface area (Å²) in [6.07, 6.45) is 10.0. The second kappa shape index (κ2) is 8.06. The predicted octanol–water partition coefficient (Wildman–Crippen LogP) is 4.40. The Hall–Kier alpha value is -3.19. The van der Waals surface area contributed by atoms with Crippen LogP contribution in [0, 0.1) is 0 Å². The molecule has 164 valence electrons. The molecule has 0 radical (unpaired) electrons. The molecule has 4 aromatic rings. The summed E-state index contributed by atoms with van der Waals surface area (Å²) in [6, 6.07) is 9.95. The number of imidazole rings is 1. The molecule has 4 heterocycles.